The van der Waals surface area contributed by atoms with Crippen molar-refractivity contribution >= 4 is 22.8 Å². The van der Waals surface area contributed by atoms with Gasteiger partial charge in [-0.1, -0.05) is 0 Å². The number of hydrogen-bond acceptors (Lipinski definition) is 4. The van der Waals surface area contributed by atoms with Gasteiger partial charge < -0.3 is 10.2 Å². The van der Waals surface area contributed by atoms with E-state index in [1.165, 1.54) is 18.6 Å². The molecule has 1 aromatic carbocycles. The van der Waals surface area contributed by atoms with Crippen LogP contribution in [0.5, 0.6) is 0 Å². The van der Waals surface area contributed by atoms with Crippen LogP contribution in [0.15, 0.2) is 24.7 Å². The Labute approximate surface area is 89.2 Å². The molecule has 0 saturated heterocycles. The van der Waals surface area contributed by atoms with E-state index >= 15 is 0 Å². The maximum atomic E-state index is 10.9. The summed E-state index contributed by atoms with van der Waals surface area (Å²) >= 11 is 0. The summed E-state index contributed by atoms with van der Waals surface area (Å²) in [5.41, 5.74) is 0.0754. The van der Waals surface area contributed by atoms with Crippen molar-refractivity contribution in [1.82, 2.24) is 9.97 Å². The highest BCUT2D eigenvalue weighted by molar-refractivity contribution is 6.05. The number of rotatable bonds is 2. The zero-order valence-corrected chi connectivity index (χ0v) is 7.91. The predicted molar refractivity (Wildman–Crippen MR) is 53.5 cm³/mol. The zero-order valence-electron chi connectivity index (χ0n) is 7.91. The second-order valence-corrected chi connectivity index (χ2v) is 3.09. The van der Waals surface area contributed by atoms with E-state index in [0.29, 0.717) is 10.9 Å². The fourth-order valence-electron chi connectivity index (χ4n) is 1.38. The second kappa shape index (κ2) is 3.58. The molecule has 6 heteroatoms. The molecular weight excluding hydrogens is 212 g/mol. The number of aromatic nitrogens is 2. The molecule has 0 aliphatic carbocycles. The third-order valence-electron chi connectivity index (χ3n) is 2.10. The quantitative estimate of drug-likeness (QED) is 0.780. The highest BCUT2D eigenvalue weighted by Gasteiger charge is 2.14. The van der Waals surface area contributed by atoms with E-state index in [1.54, 1.807) is 0 Å². The van der Waals surface area contributed by atoms with Crippen LogP contribution in [-0.4, -0.2) is 32.1 Å². The van der Waals surface area contributed by atoms with E-state index in [1.807, 2.05) is 0 Å². The molecule has 0 unspecified atom stereocenters. The SMILES string of the molecule is O=C(O)c1cc(C(=O)O)c2cncnc2c1. The van der Waals surface area contributed by atoms with Gasteiger partial charge in [0.2, 0.25) is 0 Å². The van der Waals surface area contributed by atoms with Gasteiger partial charge in [-0.05, 0) is 12.1 Å². The van der Waals surface area contributed by atoms with Gasteiger partial charge in [0.25, 0.3) is 0 Å². The minimum atomic E-state index is -1.21. The number of aromatic carboxylic acids is 2. The molecule has 80 valence electrons. The Morgan fingerprint density at radius 2 is 1.88 bits per heavy atom. The summed E-state index contributed by atoms with van der Waals surface area (Å²) in [6.45, 7) is 0. The summed E-state index contributed by atoms with van der Waals surface area (Å²) in [4.78, 5) is 29.3. The van der Waals surface area contributed by atoms with E-state index < -0.39 is 11.9 Å². The highest BCUT2D eigenvalue weighted by atomic mass is 16.4. The van der Waals surface area contributed by atoms with Gasteiger partial charge in [-0.25, -0.2) is 19.6 Å². The monoisotopic (exact) mass is 218 g/mol. The van der Waals surface area contributed by atoms with Gasteiger partial charge in [-0.3, -0.25) is 0 Å². The third-order valence-corrected chi connectivity index (χ3v) is 2.10. The molecule has 0 spiro atoms. The Hall–Kier alpha value is -2.50. The Morgan fingerprint density at radius 3 is 2.50 bits per heavy atom. The Bertz CT molecular complexity index is 594. The smallest absolute Gasteiger partial charge is 0.336 e. The molecule has 1 aromatic heterocycles. The molecule has 0 aliphatic heterocycles. The lowest BCUT2D eigenvalue weighted by Crippen LogP contribution is -2.04. The molecule has 0 aliphatic rings. The van der Waals surface area contributed by atoms with Gasteiger partial charge in [0.1, 0.15) is 6.33 Å². The molecule has 0 fully saturated rings. The van der Waals surface area contributed by atoms with Crippen molar-refractivity contribution < 1.29 is 19.8 Å². The number of carbonyl (C=O) groups is 2. The molecule has 6 nitrogen and oxygen atoms in total. The molecular formula is C10H6N2O4. The van der Waals surface area contributed by atoms with Crippen LogP contribution in [0.3, 0.4) is 0 Å². The van der Waals surface area contributed by atoms with Crippen molar-refractivity contribution in [3.63, 3.8) is 0 Å². The van der Waals surface area contributed by atoms with Crippen LogP contribution in [0.4, 0.5) is 0 Å². The van der Waals surface area contributed by atoms with Gasteiger partial charge in [-0.2, -0.15) is 0 Å². The largest absolute Gasteiger partial charge is 0.478 e. The lowest BCUT2D eigenvalue weighted by molar-refractivity contribution is 0.0696. The second-order valence-electron chi connectivity index (χ2n) is 3.09. The topological polar surface area (TPSA) is 100 Å². The summed E-state index contributed by atoms with van der Waals surface area (Å²) in [5.74, 6) is -2.40. The van der Waals surface area contributed by atoms with Crippen molar-refractivity contribution in [3.05, 3.63) is 35.8 Å². The predicted octanol–water partition coefficient (Wildman–Crippen LogP) is 1.03. The molecule has 0 atom stereocenters. The van der Waals surface area contributed by atoms with E-state index in [9.17, 15) is 9.59 Å². The van der Waals surface area contributed by atoms with E-state index in [0.717, 1.165) is 6.07 Å². The Morgan fingerprint density at radius 1 is 1.12 bits per heavy atom. The number of carboxylic acids is 2. The lowest BCUT2D eigenvalue weighted by Gasteiger charge is -2.02. The van der Waals surface area contributed by atoms with Gasteiger partial charge in [0.05, 0.1) is 16.6 Å². The summed E-state index contributed by atoms with van der Waals surface area (Å²) in [6.07, 6.45) is 2.58. The van der Waals surface area contributed by atoms with Gasteiger partial charge in [0, 0.05) is 11.6 Å². The van der Waals surface area contributed by atoms with Crippen molar-refractivity contribution in [2.24, 2.45) is 0 Å². The van der Waals surface area contributed by atoms with Crippen LogP contribution in [0.2, 0.25) is 0 Å². The maximum Gasteiger partial charge on any atom is 0.336 e. The van der Waals surface area contributed by atoms with E-state index in [4.69, 9.17) is 10.2 Å². The van der Waals surface area contributed by atoms with Gasteiger partial charge in [0.15, 0.2) is 0 Å². The van der Waals surface area contributed by atoms with Crippen molar-refractivity contribution in [3.8, 4) is 0 Å². The highest BCUT2D eigenvalue weighted by Crippen LogP contribution is 2.18. The first-order valence-corrected chi connectivity index (χ1v) is 4.30. The molecule has 0 radical (unpaired) electrons. The van der Waals surface area contributed by atoms with E-state index in [2.05, 4.69) is 9.97 Å². The number of carboxylic acid groups (broad SMARTS) is 2. The fourth-order valence-corrected chi connectivity index (χ4v) is 1.38. The van der Waals surface area contributed by atoms with Crippen LogP contribution < -0.4 is 0 Å². The van der Waals surface area contributed by atoms with E-state index in [-0.39, 0.29) is 11.1 Å². The number of fused-ring (bicyclic) bond motifs is 1. The Kier molecular flexibility index (Phi) is 2.24. The molecule has 2 rings (SSSR count). The third kappa shape index (κ3) is 1.56. The van der Waals surface area contributed by atoms with Crippen molar-refractivity contribution in [2.45, 2.75) is 0 Å². The minimum Gasteiger partial charge on any atom is -0.478 e. The van der Waals surface area contributed by atoms with Crippen LogP contribution in [0.1, 0.15) is 20.7 Å². The normalized spacial score (nSPS) is 10.2. The first kappa shape index (κ1) is 10.0. The molecule has 0 amide bonds. The summed E-state index contributed by atoms with van der Waals surface area (Å²) in [7, 11) is 0. The minimum absolute atomic E-state index is 0.108. The number of benzene rings is 1. The summed E-state index contributed by atoms with van der Waals surface area (Å²) in [5, 5.41) is 18.1. The Balaban J connectivity index is 2.84. The molecule has 1 heterocycles. The van der Waals surface area contributed by atoms with Crippen LogP contribution in [0, 0.1) is 0 Å². The van der Waals surface area contributed by atoms with Crippen LogP contribution in [0.25, 0.3) is 10.9 Å². The number of nitrogens with zero attached hydrogens (tertiary/aromatic N) is 2. The standard InChI is InChI=1S/C10H6N2O4/c13-9(14)5-1-6(10(15)16)7-3-11-4-12-8(7)2-5/h1-4H,(H,13,14)(H,15,16). The molecule has 0 saturated carbocycles. The van der Waals surface area contributed by atoms with Crippen molar-refractivity contribution in [1.29, 1.82) is 0 Å². The fraction of sp³-hybridized carbons (Fsp3) is 0. The van der Waals surface area contributed by atoms with Gasteiger partial charge >= 0.3 is 11.9 Å². The zero-order chi connectivity index (χ0) is 11.7. The first-order valence-electron chi connectivity index (χ1n) is 4.30. The van der Waals surface area contributed by atoms with Gasteiger partial charge in [-0.15, -0.1) is 0 Å². The molecule has 2 N–H and O–H groups in total. The average Bonchev–Trinajstić information content (AvgIpc) is 2.27. The van der Waals surface area contributed by atoms with Crippen molar-refractivity contribution in [2.75, 3.05) is 0 Å². The molecule has 0 bridgehead atoms. The lowest BCUT2D eigenvalue weighted by atomic mass is 10.1. The molecule has 2 aromatic rings. The summed E-state index contributed by atoms with van der Waals surface area (Å²) < 4.78 is 0. The first-order chi connectivity index (χ1) is 7.59. The summed E-state index contributed by atoms with van der Waals surface area (Å²) in [6, 6.07) is 2.40. The van der Waals surface area contributed by atoms with Crippen LogP contribution in [-0.2, 0) is 0 Å². The average molecular weight is 218 g/mol. The molecule has 16 heavy (non-hydrogen) atoms. The van der Waals surface area contributed by atoms with Crippen LogP contribution >= 0.6 is 0 Å². The maximum absolute atomic E-state index is 10.9. The number of hydrogen-bond donors (Lipinski definition) is 2.